The molecule has 2 rings (SSSR count). The fraction of sp³-hybridized carbons (Fsp3) is 0.462. The average molecular weight is 282 g/mol. The van der Waals surface area contributed by atoms with Crippen LogP contribution in [0.3, 0.4) is 0 Å². The minimum Gasteiger partial charge on any atom is -0.340 e. The molecule has 0 radical (unpaired) electrons. The lowest BCUT2D eigenvalue weighted by molar-refractivity contribution is -0.129. The lowest BCUT2D eigenvalue weighted by Gasteiger charge is -2.33. The van der Waals surface area contributed by atoms with Crippen molar-refractivity contribution >= 4 is 15.9 Å². The second kappa shape index (κ2) is 5.30. The Bertz CT molecular complexity index is 575. The van der Waals surface area contributed by atoms with Gasteiger partial charge in [-0.3, -0.25) is 4.79 Å². The molecular weight excluding hydrogens is 264 g/mol. The Kier molecular flexibility index (Phi) is 3.91. The number of carbonyl (C=O) groups excluding carboxylic acids is 1. The highest BCUT2D eigenvalue weighted by molar-refractivity contribution is 7.89. The van der Waals surface area contributed by atoms with Gasteiger partial charge in [0.1, 0.15) is 0 Å². The van der Waals surface area contributed by atoms with E-state index in [4.69, 9.17) is 0 Å². The van der Waals surface area contributed by atoms with Gasteiger partial charge in [-0.2, -0.15) is 4.31 Å². The van der Waals surface area contributed by atoms with Gasteiger partial charge in [-0.15, -0.1) is 0 Å². The first-order valence-electron chi connectivity index (χ1n) is 6.24. The van der Waals surface area contributed by atoms with Crippen LogP contribution in [0.4, 0.5) is 0 Å². The Labute approximate surface area is 113 Å². The third kappa shape index (κ3) is 2.79. The van der Waals surface area contributed by atoms with Crippen molar-refractivity contribution in [2.24, 2.45) is 0 Å². The van der Waals surface area contributed by atoms with Crippen molar-refractivity contribution in [2.75, 3.05) is 26.2 Å². The Balaban J connectivity index is 2.19. The zero-order valence-electron chi connectivity index (χ0n) is 11.2. The fourth-order valence-electron chi connectivity index (χ4n) is 2.23. The van der Waals surface area contributed by atoms with E-state index in [0.29, 0.717) is 31.1 Å². The molecule has 0 unspecified atom stereocenters. The summed E-state index contributed by atoms with van der Waals surface area (Å²) >= 11 is 0. The molecule has 0 bridgehead atoms. The van der Waals surface area contributed by atoms with E-state index in [0.717, 1.165) is 5.56 Å². The number of hydrogen-bond acceptors (Lipinski definition) is 3. The molecule has 1 aromatic rings. The molecule has 0 N–H and O–H groups in total. The summed E-state index contributed by atoms with van der Waals surface area (Å²) < 4.78 is 26.5. The number of hydrogen-bond donors (Lipinski definition) is 0. The van der Waals surface area contributed by atoms with Gasteiger partial charge in [0.25, 0.3) is 0 Å². The van der Waals surface area contributed by atoms with E-state index in [9.17, 15) is 13.2 Å². The molecule has 1 heterocycles. The first kappa shape index (κ1) is 14.0. The molecule has 0 saturated carbocycles. The number of sulfonamides is 1. The smallest absolute Gasteiger partial charge is 0.243 e. The van der Waals surface area contributed by atoms with Gasteiger partial charge >= 0.3 is 0 Å². The number of piperazine rings is 1. The molecule has 0 atom stereocenters. The molecule has 6 heteroatoms. The number of carbonyl (C=O) groups is 1. The number of rotatable bonds is 2. The van der Waals surface area contributed by atoms with Gasteiger partial charge in [0, 0.05) is 33.1 Å². The third-order valence-electron chi connectivity index (χ3n) is 3.40. The molecule has 1 aromatic carbocycles. The molecule has 19 heavy (non-hydrogen) atoms. The van der Waals surface area contributed by atoms with E-state index in [1.165, 1.54) is 11.2 Å². The van der Waals surface area contributed by atoms with Crippen LogP contribution in [0.1, 0.15) is 12.5 Å². The summed E-state index contributed by atoms with van der Waals surface area (Å²) in [5, 5.41) is 0. The number of nitrogens with zero attached hydrogens (tertiary/aromatic N) is 2. The Morgan fingerprint density at radius 1 is 1.11 bits per heavy atom. The van der Waals surface area contributed by atoms with Gasteiger partial charge in [0.2, 0.25) is 15.9 Å². The van der Waals surface area contributed by atoms with Gasteiger partial charge in [-0.1, -0.05) is 18.2 Å². The molecule has 1 fully saturated rings. The van der Waals surface area contributed by atoms with Crippen LogP contribution < -0.4 is 0 Å². The van der Waals surface area contributed by atoms with Crippen LogP contribution in [0.25, 0.3) is 0 Å². The predicted molar refractivity (Wildman–Crippen MR) is 72.2 cm³/mol. The number of aryl methyl sites for hydroxylation is 1. The standard InChI is InChI=1S/C13H18N2O3S/c1-11-5-3-4-6-13(11)19(17,18)15-9-7-14(8-10-15)12(2)16/h3-6H,7-10H2,1-2H3. The molecule has 1 amide bonds. The van der Waals surface area contributed by atoms with Gasteiger partial charge in [0.15, 0.2) is 0 Å². The first-order valence-corrected chi connectivity index (χ1v) is 7.68. The topological polar surface area (TPSA) is 57.7 Å². The van der Waals surface area contributed by atoms with Crippen molar-refractivity contribution in [3.63, 3.8) is 0 Å². The third-order valence-corrected chi connectivity index (χ3v) is 5.45. The van der Waals surface area contributed by atoms with Gasteiger partial charge in [-0.25, -0.2) is 8.42 Å². The second-order valence-corrected chi connectivity index (χ2v) is 6.58. The second-order valence-electron chi connectivity index (χ2n) is 4.68. The highest BCUT2D eigenvalue weighted by Crippen LogP contribution is 2.20. The maximum atomic E-state index is 12.5. The normalized spacial score (nSPS) is 17.5. The van der Waals surface area contributed by atoms with Crippen LogP contribution in [0, 0.1) is 6.92 Å². The van der Waals surface area contributed by atoms with Crippen LogP contribution in [-0.2, 0) is 14.8 Å². The highest BCUT2D eigenvalue weighted by atomic mass is 32.2. The largest absolute Gasteiger partial charge is 0.340 e. The van der Waals surface area contributed by atoms with Gasteiger partial charge in [-0.05, 0) is 18.6 Å². The molecule has 1 aliphatic rings. The zero-order chi connectivity index (χ0) is 14.0. The summed E-state index contributed by atoms with van der Waals surface area (Å²) in [4.78, 5) is 13.3. The molecular formula is C13H18N2O3S. The molecule has 5 nitrogen and oxygen atoms in total. The lowest BCUT2D eigenvalue weighted by Crippen LogP contribution is -2.50. The summed E-state index contributed by atoms with van der Waals surface area (Å²) in [5.74, 6) is -0.00654. The summed E-state index contributed by atoms with van der Waals surface area (Å²) in [7, 11) is -3.45. The maximum absolute atomic E-state index is 12.5. The van der Waals surface area contributed by atoms with E-state index >= 15 is 0 Å². The number of benzene rings is 1. The number of amides is 1. The van der Waals surface area contributed by atoms with Crippen molar-refractivity contribution < 1.29 is 13.2 Å². The van der Waals surface area contributed by atoms with Crippen LogP contribution in [0.5, 0.6) is 0 Å². The summed E-state index contributed by atoms with van der Waals surface area (Å²) in [6.45, 7) is 4.93. The van der Waals surface area contributed by atoms with Crippen LogP contribution in [0.2, 0.25) is 0 Å². The predicted octanol–water partition coefficient (Wildman–Crippen LogP) is 0.848. The Morgan fingerprint density at radius 2 is 1.68 bits per heavy atom. The van der Waals surface area contributed by atoms with Crippen LogP contribution >= 0.6 is 0 Å². The SMILES string of the molecule is CC(=O)N1CCN(S(=O)(=O)c2ccccc2C)CC1. The van der Waals surface area contributed by atoms with Crippen LogP contribution in [0.15, 0.2) is 29.2 Å². The Morgan fingerprint density at radius 3 is 2.21 bits per heavy atom. The molecule has 1 aliphatic heterocycles. The molecule has 0 spiro atoms. The monoisotopic (exact) mass is 282 g/mol. The minimum absolute atomic E-state index is 0.00654. The van der Waals surface area contributed by atoms with Crippen molar-refractivity contribution in [3.8, 4) is 0 Å². The van der Waals surface area contributed by atoms with E-state index in [-0.39, 0.29) is 5.91 Å². The summed E-state index contributed by atoms with van der Waals surface area (Å²) in [6.07, 6.45) is 0. The van der Waals surface area contributed by atoms with Crippen molar-refractivity contribution in [2.45, 2.75) is 18.7 Å². The van der Waals surface area contributed by atoms with Crippen molar-refractivity contribution in [1.29, 1.82) is 0 Å². The van der Waals surface area contributed by atoms with Crippen molar-refractivity contribution in [3.05, 3.63) is 29.8 Å². The zero-order valence-corrected chi connectivity index (χ0v) is 12.0. The quantitative estimate of drug-likeness (QED) is 0.808. The lowest BCUT2D eigenvalue weighted by atomic mass is 10.2. The molecule has 0 aliphatic carbocycles. The molecule has 104 valence electrons. The molecule has 1 saturated heterocycles. The van der Waals surface area contributed by atoms with E-state index in [2.05, 4.69) is 0 Å². The van der Waals surface area contributed by atoms with E-state index in [1.54, 1.807) is 30.0 Å². The Hall–Kier alpha value is -1.40. The summed E-state index contributed by atoms with van der Waals surface area (Å²) in [6, 6.07) is 6.97. The fourth-order valence-corrected chi connectivity index (χ4v) is 3.88. The van der Waals surface area contributed by atoms with Crippen LogP contribution in [-0.4, -0.2) is 49.7 Å². The maximum Gasteiger partial charge on any atom is 0.243 e. The van der Waals surface area contributed by atoms with Crippen molar-refractivity contribution in [1.82, 2.24) is 9.21 Å². The highest BCUT2D eigenvalue weighted by Gasteiger charge is 2.29. The minimum atomic E-state index is -3.45. The van der Waals surface area contributed by atoms with E-state index in [1.807, 2.05) is 6.07 Å². The summed E-state index contributed by atoms with van der Waals surface area (Å²) in [5.41, 5.74) is 0.747. The average Bonchev–Trinajstić information content (AvgIpc) is 2.39. The van der Waals surface area contributed by atoms with E-state index < -0.39 is 10.0 Å². The van der Waals surface area contributed by atoms with Gasteiger partial charge < -0.3 is 4.90 Å². The van der Waals surface area contributed by atoms with Gasteiger partial charge in [0.05, 0.1) is 4.90 Å². The molecule has 0 aromatic heterocycles. The first-order chi connectivity index (χ1) is 8.93.